The van der Waals surface area contributed by atoms with Crippen molar-refractivity contribution in [2.24, 2.45) is 0 Å². The summed E-state index contributed by atoms with van der Waals surface area (Å²) in [5, 5.41) is 9.09. The van der Waals surface area contributed by atoms with Gasteiger partial charge in [0.15, 0.2) is 17.4 Å². The van der Waals surface area contributed by atoms with E-state index in [0.29, 0.717) is 32.1 Å². The molecule has 0 radical (unpaired) electrons. The van der Waals surface area contributed by atoms with E-state index in [4.69, 9.17) is 9.84 Å². The first-order chi connectivity index (χ1) is 17.6. The van der Waals surface area contributed by atoms with E-state index < -0.39 is 5.82 Å². The molecule has 0 saturated heterocycles. The molecule has 2 aromatic carbocycles. The molecule has 6 rings (SSSR count). The monoisotopic (exact) mass is 496 g/mol. The Morgan fingerprint density at radius 1 is 1.00 bits per heavy atom. The number of rotatable bonds is 5. The van der Waals surface area contributed by atoms with Gasteiger partial charge in [-0.3, -0.25) is 9.78 Å². The number of hydrogen-bond acceptors (Lipinski definition) is 7. The van der Waals surface area contributed by atoms with Crippen LogP contribution in [0.25, 0.3) is 39.4 Å². The number of methoxy groups -OCH3 is 1. The SMILES string of the molecule is COc1ccc(-c2nn(-c3ccccc3)cc2/C=c2\sc3nc(-c4ccncc4)nn3c2=O)cc1F. The molecule has 8 nitrogen and oxygen atoms in total. The fraction of sp³-hybridized carbons (Fsp3) is 0.0385. The second kappa shape index (κ2) is 8.82. The van der Waals surface area contributed by atoms with E-state index in [2.05, 4.69) is 15.1 Å². The number of thiazole rings is 1. The maximum atomic E-state index is 14.5. The van der Waals surface area contributed by atoms with E-state index in [-0.39, 0.29) is 11.3 Å². The molecule has 0 aliphatic rings. The summed E-state index contributed by atoms with van der Waals surface area (Å²) in [6.45, 7) is 0. The first-order valence-corrected chi connectivity index (χ1v) is 11.7. The lowest BCUT2D eigenvalue weighted by Gasteiger charge is -2.04. The number of hydrogen-bond donors (Lipinski definition) is 0. The summed E-state index contributed by atoms with van der Waals surface area (Å²) in [4.78, 5) is 22.1. The molecule has 0 saturated carbocycles. The van der Waals surface area contributed by atoms with Gasteiger partial charge in [0.1, 0.15) is 5.69 Å². The van der Waals surface area contributed by atoms with Gasteiger partial charge in [-0.2, -0.15) is 14.6 Å². The number of benzene rings is 2. The quantitative estimate of drug-likeness (QED) is 0.361. The molecule has 6 aromatic rings. The molecule has 0 fully saturated rings. The fourth-order valence-electron chi connectivity index (χ4n) is 3.84. The lowest BCUT2D eigenvalue weighted by molar-refractivity contribution is 0.386. The second-order valence-corrected chi connectivity index (χ2v) is 8.85. The van der Waals surface area contributed by atoms with Crippen molar-refractivity contribution in [2.45, 2.75) is 0 Å². The van der Waals surface area contributed by atoms with Crippen LogP contribution in [0.3, 0.4) is 0 Å². The molecule has 0 aliphatic carbocycles. The zero-order valence-corrected chi connectivity index (χ0v) is 19.7. The van der Waals surface area contributed by atoms with Crippen molar-refractivity contribution in [3.05, 3.63) is 106 Å². The molecule has 0 atom stereocenters. The predicted molar refractivity (Wildman–Crippen MR) is 135 cm³/mol. The fourth-order valence-corrected chi connectivity index (χ4v) is 4.74. The predicted octanol–water partition coefficient (Wildman–Crippen LogP) is 3.76. The summed E-state index contributed by atoms with van der Waals surface area (Å²) in [6.07, 6.45) is 6.84. The van der Waals surface area contributed by atoms with Gasteiger partial charge in [-0.05, 0) is 48.5 Å². The number of halogens is 1. The molecule has 10 heteroatoms. The summed E-state index contributed by atoms with van der Waals surface area (Å²) < 4.78 is 23.0. The van der Waals surface area contributed by atoms with Crippen molar-refractivity contribution in [1.29, 1.82) is 0 Å². The maximum Gasteiger partial charge on any atom is 0.291 e. The zero-order valence-electron chi connectivity index (χ0n) is 18.9. The van der Waals surface area contributed by atoms with Crippen molar-refractivity contribution >= 4 is 22.4 Å². The summed E-state index contributed by atoms with van der Waals surface area (Å²) in [5.41, 5.74) is 3.05. The van der Waals surface area contributed by atoms with Gasteiger partial charge in [-0.1, -0.05) is 29.5 Å². The van der Waals surface area contributed by atoms with Crippen LogP contribution in [0.4, 0.5) is 4.39 Å². The first kappa shape index (κ1) is 21.8. The Balaban J connectivity index is 1.50. The standard InChI is InChI=1S/C26H17FN6O2S/c1-35-21-8-7-17(13-20(21)27)23-18(15-32(30-23)19-5-3-2-4-6-19)14-22-25(34)33-26(36-22)29-24(31-33)16-9-11-28-12-10-16/h2-15H,1H3/b22-14-. The van der Waals surface area contributed by atoms with Gasteiger partial charge < -0.3 is 4.74 Å². The third-order valence-electron chi connectivity index (χ3n) is 5.60. The Labute approximate surface area is 207 Å². The van der Waals surface area contributed by atoms with E-state index in [9.17, 15) is 9.18 Å². The highest BCUT2D eigenvalue weighted by atomic mass is 32.1. The average Bonchev–Trinajstić information content (AvgIpc) is 3.60. The molecule has 0 bridgehead atoms. The third kappa shape index (κ3) is 3.83. The molecule has 0 aliphatic heterocycles. The van der Waals surface area contributed by atoms with Crippen LogP contribution in [0.2, 0.25) is 0 Å². The van der Waals surface area contributed by atoms with Crippen LogP contribution >= 0.6 is 11.3 Å². The van der Waals surface area contributed by atoms with Crippen LogP contribution < -0.4 is 14.8 Å². The highest BCUT2D eigenvalue weighted by Crippen LogP contribution is 2.28. The summed E-state index contributed by atoms with van der Waals surface area (Å²) in [7, 11) is 1.42. The van der Waals surface area contributed by atoms with Crippen LogP contribution in [-0.2, 0) is 0 Å². The van der Waals surface area contributed by atoms with Crippen LogP contribution in [0.5, 0.6) is 5.75 Å². The molecular weight excluding hydrogens is 479 g/mol. The van der Waals surface area contributed by atoms with Crippen molar-refractivity contribution in [3.63, 3.8) is 0 Å². The van der Waals surface area contributed by atoms with E-state index in [1.54, 1.807) is 47.4 Å². The number of ether oxygens (including phenoxy) is 1. The zero-order chi connectivity index (χ0) is 24.6. The van der Waals surface area contributed by atoms with Gasteiger partial charge in [0.25, 0.3) is 5.56 Å². The Morgan fingerprint density at radius 3 is 2.53 bits per heavy atom. The first-order valence-electron chi connectivity index (χ1n) is 10.9. The van der Waals surface area contributed by atoms with Gasteiger partial charge >= 0.3 is 0 Å². The minimum Gasteiger partial charge on any atom is -0.494 e. The van der Waals surface area contributed by atoms with Crippen LogP contribution in [0.15, 0.2) is 84.0 Å². The summed E-state index contributed by atoms with van der Waals surface area (Å²) >= 11 is 1.23. The van der Waals surface area contributed by atoms with Gasteiger partial charge in [0.2, 0.25) is 4.96 Å². The number of para-hydroxylation sites is 1. The smallest absolute Gasteiger partial charge is 0.291 e. The molecule has 4 heterocycles. The minimum absolute atomic E-state index is 0.143. The van der Waals surface area contributed by atoms with E-state index >= 15 is 0 Å². The molecule has 0 unspecified atom stereocenters. The molecule has 0 spiro atoms. The van der Waals surface area contributed by atoms with E-state index in [0.717, 1.165) is 11.3 Å². The summed E-state index contributed by atoms with van der Waals surface area (Å²) in [6, 6.07) is 17.8. The highest BCUT2D eigenvalue weighted by molar-refractivity contribution is 7.15. The van der Waals surface area contributed by atoms with E-state index in [1.807, 2.05) is 36.5 Å². The average molecular weight is 497 g/mol. The number of pyridine rings is 1. The van der Waals surface area contributed by atoms with Crippen molar-refractivity contribution < 1.29 is 9.13 Å². The third-order valence-corrected chi connectivity index (χ3v) is 6.55. The summed E-state index contributed by atoms with van der Waals surface area (Å²) in [5.74, 6) is 0.102. The van der Waals surface area contributed by atoms with Crippen molar-refractivity contribution in [1.82, 2.24) is 29.4 Å². The Kier molecular flexibility index (Phi) is 5.34. The Bertz CT molecular complexity index is 1810. The van der Waals surface area contributed by atoms with Crippen LogP contribution in [-0.4, -0.2) is 36.5 Å². The van der Waals surface area contributed by atoms with Gasteiger partial charge in [-0.15, -0.1) is 5.10 Å². The largest absolute Gasteiger partial charge is 0.494 e. The van der Waals surface area contributed by atoms with Crippen LogP contribution in [0, 0.1) is 5.82 Å². The molecule has 176 valence electrons. The van der Waals surface area contributed by atoms with Gasteiger partial charge in [0.05, 0.1) is 17.3 Å². The van der Waals surface area contributed by atoms with Gasteiger partial charge in [-0.25, -0.2) is 9.07 Å². The second-order valence-electron chi connectivity index (χ2n) is 7.84. The Hall–Kier alpha value is -4.70. The molecular formula is C26H17FN6O2S. The number of nitrogens with zero attached hydrogens (tertiary/aromatic N) is 6. The number of fused-ring (bicyclic) bond motifs is 1. The molecule has 36 heavy (non-hydrogen) atoms. The van der Waals surface area contributed by atoms with Gasteiger partial charge in [0, 0.05) is 35.3 Å². The van der Waals surface area contributed by atoms with E-state index in [1.165, 1.54) is 29.0 Å². The highest BCUT2D eigenvalue weighted by Gasteiger charge is 2.16. The Morgan fingerprint density at radius 2 is 1.81 bits per heavy atom. The van der Waals surface area contributed by atoms with Crippen molar-refractivity contribution in [2.75, 3.05) is 7.11 Å². The maximum absolute atomic E-state index is 14.5. The number of aromatic nitrogens is 6. The van der Waals surface area contributed by atoms with Crippen LogP contribution in [0.1, 0.15) is 5.56 Å². The lowest BCUT2D eigenvalue weighted by Crippen LogP contribution is -2.23. The lowest BCUT2D eigenvalue weighted by atomic mass is 10.1. The molecule has 4 aromatic heterocycles. The minimum atomic E-state index is -0.498. The van der Waals surface area contributed by atoms with Crippen molar-refractivity contribution in [3.8, 4) is 34.1 Å². The molecule has 0 N–H and O–H groups in total. The normalized spacial score (nSPS) is 11.9. The molecule has 0 amide bonds. The topological polar surface area (TPSA) is 87.2 Å².